The van der Waals surface area contributed by atoms with Crippen molar-refractivity contribution in [2.75, 3.05) is 6.54 Å². The van der Waals surface area contributed by atoms with Gasteiger partial charge in [-0.25, -0.2) is 0 Å². The number of rotatable bonds is 6. The molecule has 0 amide bonds. The molecule has 1 aromatic carbocycles. The zero-order valence-corrected chi connectivity index (χ0v) is 15.3. The fourth-order valence-corrected chi connectivity index (χ4v) is 4.26. The summed E-state index contributed by atoms with van der Waals surface area (Å²) >= 11 is 26.3. The van der Waals surface area contributed by atoms with E-state index in [1.807, 2.05) is 24.3 Å². The molecule has 0 radical (unpaired) electrons. The van der Waals surface area contributed by atoms with E-state index in [4.69, 9.17) is 46.4 Å². The second-order valence-electron chi connectivity index (χ2n) is 4.69. The van der Waals surface area contributed by atoms with E-state index in [-0.39, 0.29) is 6.04 Å². The maximum absolute atomic E-state index is 6.29. The molecular weight excluding hydrogens is 368 g/mol. The predicted octanol–water partition coefficient (Wildman–Crippen LogP) is 6.65. The van der Waals surface area contributed by atoms with E-state index in [0.29, 0.717) is 25.1 Å². The van der Waals surface area contributed by atoms with Crippen molar-refractivity contribution in [2.24, 2.45) is 0 Å². The Balaban J connectivity index is 2.30. The molecule has 2 aromatic rings. The van der Waals surface area contributed by atoms with Crippen LogP contribution in [0.5, 0.6) is 0 Å². The van der Waals surface area contributed by atoms with E-state index in [2.05, 4.69) is 12.2 Å². The van der Waals surface area contributed by atoms with Gasteiger partial charge in [-0.15, -0.1) is 11.3 Å². The highest BCUT2D eigenvalue weighted by Gasteiger charge is 2.20. The minimum absolute atomic E-state index is 0.0404. The maximum atomic E-state index is 6.29. The molecule has 6 heteroatoms. The lowest BCUT2D eigenvalue weighted by molar-refractivity contribution is 0.531. The minimum atomic E-state index is 0.0404. The van der Waals surface area contributed by atoms with Crippen LogP contribution in [0.1, 0.15) is 30.5 Å². The van der Waals surface area contributed by atoms with Crippen LogP contribution in [-0.2, 0) is 6.42 Å². The topological polar surface area (TPSA) is 12.0 Å². The molecule has 0 spiro atoms. The number of thiophene rings is 1. The van der Waals surface area contributed by atoms with Crippen molar-refractivity contribution >= 4 is 57.7 Å². The van der Waals surface area contributed by atoms with Gasteiger partial charge in [0.1, 0.15) is 0 Å². The molecule has 0 bridgehead atoms. The summed E-state index contributed by atoms with van der Waals surface area (Å²) in [7, 11) is 0. The maximum Gasteiger partial charge on any atom is 0.0992 e. The van der Waals surface area contributed by atoms with E-state index in [0.717, 1.165) is 24.1 Å². The molecule has 1 unspecified atom stereocenters. The van der Waals surface area contributed by atoms with Crippen LogP contribution in [0.4, 0.5) is 0 Å². The summed E-state index contributed by atoms with van der Waals surface area (Å²) < 4.78 is 1.39. The molecule has 0 aliphatic heterocycles. The molecule has 1 aromatic heterocycles. The third-order valence-electron chi connectivity index (χ3n) is 3.17. The number of nitrogens with one attached hydrogen (secondary N) is 1. The average molecular weight is 383 g/mol. The molecule has 2 rings (SSSR count). The van der Waals surface area contributed by atoms with Gasteiger partial charge in [-0.3, -0.25) is 0 Å². The van der Waals surface area contributed by atoms with Crippen LogP contribution in [0.3, 0.4) is 0 Å². The summed E-state index contributed by atoms with van der Waals surface area (Å²) in [5.41, 5.74) is 1.92. The highest BCUT2D eigenvalue weighted by Crippen LogP contribution is 2.37. The second kappa shape index (κ2) is 8.05. The van der Waals surface area contributed by atoms with Crippen molar-refractivity contribution in [1.82, 2.24) is 5.32 Å². The van der Waals surface area contributed by atoms with E-state index in [1.165, 1.54) is 11.3 Å². The largest absolute Gasteiger partial charge is 0.310 e. The van der Waals surface area contributed by atoms with Gasteiger partial charge >= 0.3 is 0 Å². The van der Waals surface area contributed by atoms with Gasteiger partial charge in [-0.1, -0.05) is 59.4 Å². The lowest BCUT2D eigenvalue weighted by Gasteiger charge is -2.19. The third kappa shape index (κ3) is 4.51. The molecule has 1 heterocycles. The molecule has 114 valence electrons. The third-order valence-corrected chi connectivity index (χ3v) is 5.40. The fraction of sp³-hybridized carbons (Fsp3) is 0.333. The van der Waals surface area contributed by atoms with Gasteiger partial charge in [-0.05, 0) is 43.1 Å². The van der Waals surface area contributed by atoms with Gasteiger partial charge in [0.2, 0.25) is 0 Å². The zero-order chi connectivity index (χ0) is 15.4. The van der Waals surface area contributed by atoms with Crippen molar-refractivity contribution in [1.29, 1.82) is 0 Å². The van der Waals surface area contributed by atoms with Crippen LogP contribution < -0.4 is 5.32 Å². The molecule has 1 N–H and O–H groups in total. The number of hydrogen-bond donors (Lipinski definition) is 1. The molecular formula is C15H15Cl4NS. The quantitative estimate of drug-likeness (QED) is 0.589. The molecule has 0 fully saturated rings. The first-order chi connectivity index (χ1) is 10.0. The Bertz CT molecular complexity index is 591. The SMILES string of the molecule is CCCNC(Cc1c(Cl)cccc1Cl)c1cc(Cl)sc1Cl. The molecule has 0 saturated heterocycles. The van der Waals surface area contributed by atoms with E-state index in [9.17, 15) is 0 Å². The molecule has 0 aliphatic carbocycles. The Morgan fingerprint density at radius 2 is 1.81 bits per heavy atom. The van der Waals surface area contributed by atoms with Gasteiger partial charge in [0, 0.05) is 21.7 Å². The Morgan fingerprint density at radius 3 is 2.33 bits per heavy atom. The first-order valence-corrected chi connectivity index (χ1v) is 8.96. The smallest absolute Gasteiger partial charge is 0.0992 e. The van der Waals surface area contributed by atoms with Crippen LogP contribution in [0.15, 0.2) is 24.3 Å². The van der Waals surface area contributed by atoms with Gasteiger partial charge in [-0.2, -0.15) is 0 Å². The Labute approximate surface area is 149 Å². The molecule has 1 atom stereocenters. The van der Waals surface area contributed by atoms with Crippen molar-refractivity contribution in [2.45, 2.75) is 25.8 Å². The van der Waals surface area contributed by atoms with Crippen molar-refractivity contribution in [3.8, 4) is 0 Å². The Hall–Kier alpha value is 0.0400. The lowest BCUT2D eigenvalue weighted by Crippen LogP contribution is -2.24. The molecule has 0 aliphatic rings. The lowest BCUT2D eigenvalue weighted by atomic mass is 10.0. The van der Waals surface area contributed by atoms with Gasteiger partial charge < -0.3 is 5.32 Å². The normalized spacial score (nSPS) is 12.6. The van der Waals surface area contributed by atoms with E-state index >= 15 is 0 Å². The van der Waals surface area contributed by atoms with Crippen LogP contribution in [0, 0.1) is 0 Å². The highest BCUT2D eigenvalue weighted by atomic mass is 35.5. The highest BCUT2D eigenvalue weighted by molar-refractivity contribution is 7.20. The number of hydrogen-bond acceptors (Lipinski definition) is 2. The monoisotopic (exact) mass is 381 g/mol. The summed E-state index contributed by atoms with van der Waals surface area (Å²) in [5.74, 6) is 0. The average Bonchev–Trinajstić information content (AvgIpc) is 2.76. The van der Waals surface area contributed by atoms with Crippen molar-refractivity contribution < 1.29 is 0 Å². The van der Waals surface area contributed by atoms with E-state index < -0.39 is 0 Å². The van der Waals surface area contributed by atoms with Gasteiger partial charge in [0.05, 0.1) is 8.67 Å². The standard InChI is InChI=1S/C15H15Cl4NS/c1-2-6-20-13(10-8-14(18)21-15(10)19)7-9-11(16)4-3-5-12(9)17/h3-5,8,13,20H,2,6-7H2,1H3. The second-order valence-corrected chi connectivity index (χ2v) is 7.79. The molecule has 21 heavy (non-hydrogen) atoms. The Morgan fingerprint density at radius 1 is 1.14 bits per heavy atom. The van der Waals surface area contributed by atoms with Crippen molar-refractivity contribution in [3.63, 3.8) is 0 Å². The van der Waals surface area contributed by atoms with Crippen LogP contribution in [-0.4, -0.2) is 6.54 Å². The minimum Gasteiger partial charge on any atom is -0.310 e. The van der Waals surface area contributed by atoms with E-state index in [1.54, 1.807) is 0 Å². The Kier molecular flexibility index (Phi) is 6.67. The predicted molar refractivity (Wildman–Crippen MR) is 95.5 cm³/mol. The first kappa shape index (κ1) is 17.4. The van der Waals surface area contributed by atoms with Crippen LogP contribution >= 0.6 is 57.7 Å². The summed E-state index contributed by atoms with van der Waals surface area (Å²) in [4.78, 5) is 0. The van der Waals surface area contributed by atoms with Crippen LogP contribution in [0.25, 0.3) is 0 Å². The van der Waals surface area contributed by atoms with Gasteiger partial charge in [0.15, 0.2) is 0 Å². The molecule has 1 nitrogen and oxygen atoms in total. The first-order valence-electron chi connectivity index (χ1n) is 6.64. The van der Waals surface area contributed by atoms with Gasteiger partial charge in [0.25, 0.3) is 0 Å². The van der Waals surface area contributed by atoms with Crippen LogP contribution in [0.2, 0.25) is 18.7 Å². The number of benzene rings is 1. The summed E-state index contributed by atoms with van der Waals surface area (Å²) in [6.07, 6.45) is 1.70. The zero-order valence-electron chi connectivity index (χ0n) is 11.4. The summed E-state index contributed by atoms with van der Waals surface area (Å²) in [5, 5.41) is 4.83. The summed E-state index contributed by atoms with van der Waals surface area (Å²) in [6, 6.07) is 7.49. The number of halogens is 4. The summed E-state index contributed by atoms with van der Waals surface area (Å²) in [6.45, 7) is 3.01. The fourth-order valence-electron chi connectivity index (χ4n) is 2.13. The molecule has 0 saturated carbocycles. The van der Waals surface area contributed by atoms with Crippen molar-refractivity contribution in [3.05, 3.63) is 54.1 Å².